The minimum atomic E-state index is -4.50. The summed E-state index contributed by atoms with van der Waals surface area (Å²) >= 11 is 0. The molecule has 7 nitrogen and oxygen atoms in total. The summed E-state index contributed by atoms with van der Waals surface area (Å²) in [5, 5.41) is 4.03. The third-order valence-electron chi connectivity index (χ3n) is 5.72. The van der Waals surface area contributed by atoms with Gasteiger partial charge in [0.1, 0.15) is 5.82 Å². The van der Waals surface area contributed by atoms with Gasteiger partial charge in [0.25, 0.3) is 5.89 Å². The molecule has 0 radical (unpaired) electrons. The van der Waals surface area contributed by atoms with Crippen LogP contribution in [0.25, 0.3) is 45.6 Å². The number of hydrogen-bond acceptors (Lipinski definition) is 6. The van der Waals surface area contributed by atoms with E-state index in [0.717, 1.165) is 17.3 Å². The molecular weight excluding hydrogens is 469 g/mol. The average molecular weight is 490 g/mol. The molecule has 0 spiro atoms. The number of halogens is 3. The van der Waals surface area contributed by atoms with Gasteiger partial charge in [0.05, 0.1) is 5.56 Å². The Morgan fingerprint density at radius 1 is 0.833 bits per heavy atom. The summed E-state index contributed by atoms with van der Waals surface area (Å²) in [5.74, 6) is 1.75. The van der Waals surface area contributed by atoms with E-state index in [2.05, 4.69) is 45.0 Å². The van der Waals surface area contributed by atoms with E-state index in [0.29, 0.717) is 34.3 Å². The second-order valence-electron chi connectivity index (χ2n) is 8.60. The molecule has 5 rings (SSSR count). The Hall–Kier alpha value is -4.34. The van der Waals surface area contributed by atoms with Crippen LogP contribution in [0.2, 0.25) is 0 Å². The quantitative estimate of drug-likeness (QED) is 0.283. The van der Waals surface area contributed by atoms with Crippen molar-refractivity contribution in [3.63, 3.8) is 0 Å². The van der Waals surface area contributed by atoms with Gasteiger partial charge in [-0.15, -0.1) is 0 Å². The van der Waals surface area contributed by atoms with Crippen molar-refractivity contribution in [2.75, 3.05) is 0 Å². The molecule has 0 aliphatic heterocycles. The highest BCUT2D eigenvalue weighted by Crippen LogP contribution is 2.32. The molecule has 2 aromatic carbocycles. The molecule has 0 fully saturated rings. The fourth-order valence-electron chi connectivity index (χ4n) is 3.88. The Morgan fingerprint density at radius 2 is 1.50 bits per heavy atom. The standard InChI is InChI=1S/C26H21F3N6O/c1-15(2)19-6-4-5-7-20(19)23-30-12-18(13-31-23)25-33-22(34-36-25)16-8-10-17(11-9-16)24-32-21(14-35(24)3)26(27,28)29/h4-15H,1-3H3. The van der Waals surface area contributed by atoms with Gasteiger partial charge in [-0.2, -0.15) is 18.2 Å². The predicted molar refractivity (Wildman–Crippen MR) is 127 cm³/mol. The molecule has 36 heavy (non-hydrogen) atoms. The first-order chi connectivity index (χ1) is 17.2. The van der Waals surface area contributed by atoms with E-state index in [9.17, 15) is 13.2 Å². The third-order valence-corrected chi connectivity index (χ3v) is 5.72. The van der Waals surface area contributed by atoms with E-state index in [1.807, 2.05) is 18.2 Å². The van der Waals surface area contributed by atoms with E-state index in [1.54, 1.807) is 36.7 Å². The number of benzene rings is 2. The van der Waals surface area contributed by atoms with Gasteiger partial charge in [0.15, 0.2) is 11.5 Å². The first kappa shape index (κ1) is 23.4. The largest absolute Gasteiger partial charge is 0.434 e. The maximum absolute atomic E-state index is 13.0. The number of hydrogen-bond donors (Lipinski definition) is 0. The second kappa shape index (κ2) is 9.03. The number of nitrogens with zero attached hydrogens (tertiary/aromatic N) is 6. The fraction of sp³-hybridized carbons (Fsp3) is 0.192. The van der Waals surface area contributed by atoms with E-state index in [-0.39, 0.29) is 11.7 Å². The zero-order valence-electron chi connectivity index (χ0n) is 19.7. The van der Waals surface area contributed by atoms with Gasteiger partial charge in [-0.1, -0.05) is 67.5 Å². The van der Waals surface area contributed by atoms with Crippen LogP contribution >= 0.6 is 0 Å². The maximum atomic E-state index is 13.0. The van der Waals surface area contributed by atoms with Gasteiger partial charge in [0.2, 0.25) is 5.82 Å². The fourth-order valence-corrected chi connectivity index (χ4v) is 3.88. The molecule has 0 aliphatic rings. The summed E-state index contributed by atoms with van der Waals surface area (Å²) in [6.07, 6.45) is -0.265. The van der Waals surface area contributed by atoms with Gasteiger partial charge < -0.3 is 9.09 Å². The normalized spacial score (nSPS) is 11.9. The van der Waals surface area contributed by atoms with Crippen LogP contribution in [0.3, 0.4) is 0 Å². The van der Waals surface area contributed by atoms with Crippen LogP contribution in [0.1, 0.15) is 31.0 Å². The zero-order valence-corrected chi connectivity index (χ0v) is 19.7. The van der Waals surface area contributed by atoms with E-state index < -0.39 is 11.9 Å². The van der Waals surface area contributed by atoms with Crippen LogP contribution in [0.4, 0.5) is 13.2 Å². The third kappa shape index (κ3) is 4.49. The molecule has 0 saturated carbocycles. The smallest absolute Gasteiger partial charge is 0.333 e. The second-order valence-corrected chi connectivity index (χ2v) is 8.60. The van der Waals surface area contributed by atoms with E-state index in [1.165, 1.54) is 11.6 Å². The summed E-state index contributed by atoms with van der Waals surface area (Å²) in [7, 11) is 1.52. The van der Waals surface area contributed by atoms with Gasteiger partial charge in [-0.3, -0.25) is 0 Å². The summed E-state index contributed by atoms with van der Waals surface area (Å²) < 4.78 is 45.7. The molecule has 3 aromatic heterocycles. The molecule has 10 heteroatoms. The van der Waals surface area contributed by atoms with E-state index in [4.69, 9.17) is 4.52 Å². The van der Waals surface area contributed by atoms with Crippen molar-refractivity contribution in [2.45, 2.75) is 25.9 Å². The maximum Gasteiger partial charge on any atom is 0.434 e. The minimum Gasteiger partial charge on any atom is -0.333 e. The molecule has 182 valence electrons. The lowest BCUT2D eigenvalue weighted by Gasteiger charge is -2.11. The number of aryl methyl sites for hydroxylation is 1. The van der Waals surface area contributed by atoms with E-state index >= 15 is 0 Å². The highest BCUT2D eigenvalue weighted by atomic mass is 19.4. The number of rotatable bonds is 5. The van der Waals surface area contributed by atoms with Crippen molar-refractivity contribution in [1.29, 1.82) is 0 Å². The molecule has 0 bridgehead atoms. The lowest BCUT2D eigenvalue weighted by molar-refractivity contribution is -0.140. The van der Waals surface area contributed by atoms with Crippen molar-refractivity contribution >= 4 is 0 Å². The number of aromatic nitrogens is 6. The SMILES string of the molecule is CC(C)c1ccccc1-c1ncc(-c2nc(-c3ccc(-c4nc(C(F)(F)F)cn4C)cc3)no2)cn1. The van der Waals surface area contributed by atoms with Gasteiger partial charge in [-0.05, 0) is 11.5 Å². The Bertz CT molecular complexity index is 1500. The monoisotopic (exact) mass is 490 g/mol. The van der Waals surface area contributed by atoms with Crippen LogP contribution in [0.15, 0.2) is 71.6 Å². The highest BCUT2D eigenvalue weighted by Gasteiger charge is 2.34. The molecule has 0 saturated heterocycles. The number of alkyl halides is 3. The summed E-state index contributed by atoms with van der Waals surface area (Å²) in [6, 6.07) is 14.7. The summed E-state index contributed by atoms with van der Waals surface area (Å²) in [4.78, 5) is 17.1. The lowest BCUT2D eigenvalue weighted by Crippen LogP contribution is -2.04. The Kier molecular flexibility index (Phi) is 5.87. The highest BCUT2D eigenvalue weighted by molar-refractivity contribution is 5.66. The summed E-state index contributed by atoms with van der Waals surface area (Å²) in [6.45, 7) is 4.24. The molecule has 5 aromatic rings. The molecular formula is C26H21F3N6O. The average Bonchev–Trinajstić information content (AvgIpc) is 3.52. The van der Waals surface area contributed by atoms with Crippen LogP contribution in [0, 0.1) is 0 Å². The van der Waals surface area contributed by atoms with Crippen molar-refractivity contribution < 1.29 is 17.7 Å². The Morgan fingerprint density at radius 3 is 2.14 bits per heavy atom. The first-order valence-electron chi connectivity index (χ1n) is 11.2. The Balaban J connectivity index is 1.37. The molecule has 0 N–H and O–H groups in total. The topological polar surface area (TPSA) is 82.5 Å². The van der Waals surface area contributed by atoms with Crippen LogP contribution in [-0.2, 0) is 13.2 Å². The Labute approximate surface area is 204 Å². The lowest BCUT2D eigenvalue weighted by atomic mass is 9.97. The zero-order chi connectivity index (χ0) is 25.4. The molecule has 0 aliphatic carbocycles. The van der Waals surface area contributed by atoms with Gasteiger partial charge in [-0.25, -0.2) is 15.0 Å². The molecule has 0 atom stereocenters. The minimum absolute atomic E-state index is 0.207. The number of imidazole rings is 1. The molecule has 0 unspecified atom stereocenters. The van der Waals surface area contributed by atoms with Crippen molar-refractivity contribution in [3.05, 3.63) is 78.4 Å². The van der Waals surface area contributed by atoms with Crippen molar-refractivity contribution in [3.8, 4) is 45.6 Å². The summed E-state index contributed by atoms with van der Waals surface area (Å²) in [5.41, 5.74) is 2.94. The predicted octanol–water partition coefficient (Wildman–Crippen LogP) is 6.40. The van der Waals surface area contributed by atoms with Crippen molar-refractivity contribution in [2.24, 2.45) is 7.05 Å². The van der Waals surface area contributed by atoms with Crippen LogP contribution < -0.4 is 0 Å². The first-order valence-corrected chi connectivity index (χ1v) is 11.2. The molecule has 0 amide bonds. The van der Waals surface area contributed by atoms with Crippen molar-refractivity contribution in [1.82, 2.24) is 29.7 Å². The van der Waals surface area contributed by atoms with Gasteiger partial charge in [0, 0.05) is 42.3 Å². The van der Waals surface area contributed by atoms with Gasteiger partial charge >= 0.3 is 6.18 Å². The van der Waals surface area contributed by atoms with Crippen LogP contribution in [0.5, 0.6) is 0 Å². The van der Waals surface area contributed by atoms with Crippen LogP contribution in [-0.4, -0.2) is 29.7 Å². The molecule has 3 heterocycles.